The molecule has 0 N–H and O–H groups in total. The third-order valence-electron chi connectivity index (χ3n) is 5.54. The van der Waals surface area contributed by atoms with Crippen molar-refractivity contribution >= 4 is 17.5 Å². The maximum Gasteiger partial charge on any atom is 0.253 e. The first kappa shape index (κ1) is 17.5. The number of piperidine rings is 1. The molecule has 1 amide bonds. The second-order valence-corrected chi connectivity index (χ2v) is 7.85. The average molecular weight is 374 g/mol. The maximum absolute atomic E-state index is 12.8. The lowest BCUT2D eigenvalue weighted by Crippen LogP contribution is -2.39. The number of nitrogens with zero attached hydrogens (tertiary/aromatic N) is 3. The lowest BCUT2D eigenvalue weighted by Gasteiger charge is -2.31. The molecule has 1 saturated heterocycles. The first-order valence-electron chi connectivity index (χ1n) is 9.59. The Labute approximate surface area is 158 Å². The zero-order chi connectivity index (χ0) is 17.9. The van der Waals surface area contributed by atoms with Gasteiger partial charge in [-0.15, -0.1) is 10.2 Å². The molecule has 26 heavy (non-hydrogen) atoms. The largest absolute Gasteiger partial charge is 0.425 e. The smallest absolute Gasteiger partial charge is 0.253 e. The number of carbonyl (C=O) groups excluding carboxylic acids is 1. The molecule has 5 nitrogen and oxygen atoms in total. The summed E-state index contributed by atoms with van der Waals surface area (Å²) in [6.07, 6.45) is 8.00. The highest BCUT2D eigenvalue weighted by Crippen LogP contribution is 2.34. The van der Waals surface area contributed by atoms with Crippen LogP contribution in [-0.2, 0) is 0 Å². The molecule has 1 atom stereocenters. The van der Waals surface area contributed by atoms with Crippen LogP contribution in [0.5, 0.6) is 0 Å². The van der Waals surface area contributed by atoms with Gasteiger partial charge in [-0.05, 0) is 43.9 Å². The number of hydrogen-bond acceptors (Lipinski definition) is 4. The lowest BCUT2D eigenvalue weighted by molar-refractivity contribution is 0.0697. The Morgan fingerprint density at radius 3 is 2.54 bits per heavy atom. The summed E-state index contributed by atoms with van der Waals surface area (Å²) >= 11 is 6.02. The average Bonchev–Trinajstić information content (AvgIpc) is 3.18. The fourth-order valence-corrected chi connectivity index (χ4v) is 4.28. The fourth-order valence-electron chi connectivity index (χ4n) is 4.09. The maximum atomic E-state index is 12.8. The van der Waals surface area contributed by atoms with Crippen molar-refractivity contribution in [3.05, 3.63) is 46.6 Å². The van der Waals surface area contributed by atoms with Crippen LogP contribution in [0.25, 0.3) is 0 Å². The van der Waals surface area contributed by atoms with Gasteiger partial charge in [0.1, 0.15) is 0 Å². The number of amides is 1. The van der Waals surface area contributed by atoms with Gasteiger partial charge in [-0.1, -0.05) is 36.9 Å². The summed E-state index contributed by atoms with van der Waals surface area (Å²) in [6.45, 7) is 1.38. The number of benzene rings is 1. The van der Waals surface area contributed by atoms with Crippen LogP contribution in [-0.4, -0.2) is 34.1 Å². The lowest BCUT2D eigenvalue weighted by atomic mass is 9.89. The van der Waals surface area contributed by atoms with E-state index < -0.39 is 0 Å². The van der Waals surface area contributed by atoms with Crippen molar-refractivity contribution in [1.29, 1.82) is 0 Å². The highest BCUT2D eigenvalue weighted by Gasteiger charge is 2.30. The van der Waals surface area contributed by atoms with Crippen LogP contribution < -0.4 is 0 Å². The number of carbonyl (C=O) groups is 1. The van der Waals surface area contributed by atoms with Gasteiger partial charge < -0.3 is 9.32 Å². The molecular weight excluding hydrogens is 350 g/mol. The molecule has 0 radical (unpaired) electrons. The van der Waals surface area contributed by atoms with Crippen LogP contribution in [0.4, 0.5) is 0 Å². The van der Waals surface area contributed by atoms with Crippen LogP contribution in [0.3, 0.4) is 0 Å². The van der Waals surface area contributed by atoms with Gasteiger partial charge in [-0.3, -0.25) is 4.79 Å². The summed E-state index contributed by atoms with van der Waals surface area (Å²) < 4.78 is 6.03. The first-order chi connectivity index (χ1) is 12.7. The molecule has 6 heteroatoms. The summed E-state index contributed by atoms with van der Waals surface area (Å²) in [7, 11) is 0. The normalized spacial score (nSPS) is 21.7. The summed E-state index contributed by atoms with van der Waals surface area (Å²) in [4.78, 5) is 14.7. The van der Waals surface area contributed by atoms with Crippen molar-refractivity contribution in [2.75, 3.05) is 13.1 Å². The van der Waals surface area contributed by atoms with Crippen molar-refractivity contribution in [2.24, 2.45) is 0 Å². The molecule has 138 valence electrons. The first-order valence-corrected chi connectivity index (χ1v) is 9.96. The van der Waals surface area contributed by atoms with Crippen molar-refractivity contribution in [3.63, 3.8) is 0 Å². The molecule has 1 aliphatic heterocycles. The minimum atomic E-state index is 0.0178. The Morgan fingerprint density at radius 2 is 1.77 bits per heavy atom. The van der Waals surface area contributed by atoms with E-state index in [4.69, 9.17) is 16.0 Å². The van der Waals surface area contributed by atoms with Gasteiger partial charge in [-0.2, -0.15) is 0 Å². The summed E-state index contributed by atoms with van der Waals surface area (Å²) in [6, 6.07) is 7.13. The Balaban J connectivity index is 1.45. The minimum Gasteiger partial charge on any atom is -0.425 e. The van der Waals surface area contributed by atoms with Gasteiger partial charge in [0.2, 0.25) is 11.8 Å². The molecule has 1 unspecified atom stereocenters. The monoisotopic (exact) mass is 373 g/mol. The Bertz CT molecular complexity index is 770. The van der Waals surface area contributed by atoms with Gasteiger partial charge in [-0.25, -0.2) is 0 Å². The van der Waals surface area contributed by atoms with E-state index in [-0.39, 0.29) is 11.8 Å². The van der Waals surface area contributed by atoms with Crippen LogP contribution in [0, 0.1) is 0 Å². The standard InChI is InChI=1S/C20H24ClN3O2/c21-17-10-4-8-15(12-17)20(25)24-11-5-9-16(13-24)19-23-22-18(26-19)14-6-2-1-3-7-14/h4,8,10,12,14,16H,1-3,5-7,9,11,13H2. The van der Waals surface area contributed by atoms with Gasteiger partial charge in [0.05, 0.1) is 5.92 Å². The molecule has 2 aliphatic rings. The van der Waals surface area contributed by atoms with Gasteiger partial charge in [0, 0.05) is 29.6 Å². The molecule has 0 spiro atoms. The van der Waals surface area contributed by atoms with Gasteiger partial charge >= 0.3 is 0 Å². The summed E-state index contributed by atoms with van der Waals surface area (Å²) in [5.41, 5.74) is 0.631. The number of aromatic nitrogens is 2. The third kappa shape index (κ3) is 3.78. The predicted octanol–water partition coefficient (Wildman–Crippen LogP) is 4.79. The highest BCUT2D eigenvalue weighted by molar-refractivity contribution is 6.30. The molecule has 1 aromatic heterocycles. The number of halogens is 1. The zero-order valence-electron chi connectivity index (χ0n) is 14.9. The van der Waals surface area contributed by atoms with E-state index in [2.05, 4.69) is 10.2 Å². The second kappa shape index (κ2) is 7.78. The summed E-state index contributed by atoms with van der Waals surface area (Å²) in [5, 5.41) is 9.22. The van der Waals surface area contributed by atoms with Crippen molar-refractivity contribution in [3.8, 4) is 0 Å². The van der Waals surface area contributed by atoms with Crippen LogP contribution in [0.1, 0.15) is 78.9 Å². The van der Waals surface area contributed by atoms with E-state index in [9.17, 15) is 4.79 Å². The van der Waals surface area contributed by atoms with E-state index in [0.717, 1.165) is 38.1 Å². The number of hydrogen-bond donors (Lipinski definition) is 0. The number of rotatable bonds is 3. The fraction of sp³-hybridized carbons (Fsp3) is 0.550. The van der Waals surface area contributed by atoms with E-state index in [1.54, 1.807) is 12.1 Å². The second-order valence-electron chi connectivity index (χ2n) is 7.41. The Hall–Kier alpha value is -1.88. The zero-order valence-corrected chi connectivity index (χ0v) is 15.6. The van der Waals surface area contributed by atoms with Gasteiger partial charge in [0.15, 0.2) is 0 Å². The molecule has 1 aromatic carbocycles. The molecule has 0 bridgehead atoms. The third-order valence-corrected chi connectivity index (χ3v) is 5.78. The predicted molar refractivity (Wildman–Crippen MR) is 99.5 cm³/mol. The quantitative estimate of drug-likeness (QED) is 0.776. The van der Waals surface area contributed by atoms with E-state index in [1.807, 2.05) is 17.0 Å². The molecule has 4 rings (SSSR count). The molecule has 2 fully saturated rings. The molecule has 2 aromatic rings. The van der Waals surface area contributed by atoms with Crippen LogP contribution in [0.15, 0.2) is 28.7 Å². The summed E-state index contributed by atoms with van der Waals surface area (Å²) in [5.74, 6) is 2.03. The van der Waals surface area contributed by atoms with E-state index in [1.165, 1.54) is 19.3 Å². The molecule has 2 heterocycles. The van der Waals surface area contributed by atoms with Crippen molar-refractivity contribution < 1.29 is 9.21 Å². The Kier molecular flexibility index (Phi) is 5.25. The van der Waals surface area contributed by atoms with E-state index in [0.29, 0.717) is 28.9 Å². The van der Waals surface area contributed by atoms with E-state index >= 15 is 0 Å². The minimum absolute atomic E-state index is 0.0178. The topological polar surface area (TPSA) is 59.2 Å². The number of likely N-dealkylation sites (tertiary alicyclic amines) is 1. The van der Waals surface area contributed by atoms with Crippen LogP contribution >= 0.6 is 11.6 Å². The molecular formula is C20H24ClN3O2. The van der Waals surface area contributed by atoms with Crippen molar-refractivity contribution in [1.82, 2.24) is 15.1 Å². The SMILES string of the molecule is O=C(c1cccc(Cl)c1)N1CCCC(c2nnc(C3CCCCC3)o2)C1. The highest BCUT2D eigenvalue weighted by atomic mass is 35.5. The molecule has 1 aliphatic carbocycles. The Morgan fingerprint density at radius 1 is 1.04 bits per heavy atom. The van der Waals surface area contributed by atoms with Gasteiger partial charge in [0.25, 0.3) is 5.91 Å². The van der Waals surface area contributed by atoms with Crippen LogP contribution in [0.2, 0.25) is 5.02 Å². The van der Waals surface area contributed by atoms with Crippen molar-refractivity contribution in [2.45, 2.75) is 56.8 Å². The molecule has 1 saturated carbocycles.